The van der Waals surface area contributed by atoms with E-state index in [1.807, 2.05) is 68.4 Å². The smallest absolute Gasteiger partial charge is 0.306 e. The minimum Gasteiger partial charge on any atom is -0.456 e. The maximum absolute atomic E-state index is 12.1. The van der Waals surface area contributed by atoms with E-state index in [4.69, 9.17) is 4.74 Å². The van der Waals surface area contributed by atoms with Gasteiger partial charge in [0.2, 0.25) is 5.91 Å². The van der Waals surface area contributed by atoms with Crippen LogP contribution >= 0.6 is 0 Å². The molecule has 0 atom stereocenters. The van der Waals surface area contributed by atoms with E-state index >= 15 is 0 Å². The summed E-state index contributed by atoms with van der Waals surface area (Å²) in [5, 5.41) is 7.44. The average molecular weight is 404 g/mol. The number of fused-ring (bicyclic) bond motifs is 1. The fourth-order valence-electron chi connectivity index (χ4n) is 3.12. The van der Waals surface area contributed by atoms with Crippen molar-refractivity contribution >= 4 is 39.9 Å². The number of nitrogens with one attached hydrogen (secondary N) is 2. The maximum Gasteiger partial charge on any atom is 0.306 e. The monoisotopic (exact) mass is 404 g/mol. The predicted octanol–water partition coefficient (Wildman–Crippen LogP) is 4.36. The molecule has 2 amide bonds. The van der Waals surface area contributed by atoms with Crippen molar-refractivity contribution in [3.63, 3.8) is 0 Å². The molecule has 0 aromatic heterocycles. The van der Waals surface area contributed by atoms with Gasteiger partial charge in [-0.15, -0.1) is 0 Å². The van der Waals surface area contributed by atoms with E-state index < -0.39 is 18.5 Å². The van der Waals surface area contributed by atoms with Gasteiger partial charge in [-0.05, 0) is 36.9 Å². The lowest BCUT2D eigenvalue weighted by Gasteiger charge is -2.10. The van der Waals surface area contributed by atoms with Crippen LogP contribution in [0.25, 0.3) is 10.8 Å². The number of carbonyl (C=O) groups excluding carboxylic acids is 3. The first-order chi connectivity index (χ1) is 14.4. The van der Waals surface area contributed by atoms with Crippen molar-refractivity contribution < 1.29 is 19.1 Å². The van der Waals surface area contributed by atoms with E-state index in [2.05, 4.69) is 10.6 Å². The van der Waals surface area contributed by atoms with E-state index in [0.717, 1.165) is 21.9 Å². The van der Waals surface area contributed by atoms with Crippen LogP contribution in [0.2, 0.25) is 0 Å². The summed E-state index contributed by atoms with van der Waals surface area (Å²) in [6.07, 6.45) is -0.116. The molecule has 3 rings (SSSR count). The van der Waals surface area contributed by atoms with Crippen molar-refractivity contribution in [1.82, 2.24) is 0 Å². The van der Waals surface area contributed by atoms with Crippen LogP contribution in [0.5, 0.6) is 0 Å². The minimum atomic E-state index is -0.598. The van der Waals surface area contributed by atoms with E-state index in [-0.39, 0.29) is 18.7 Å². The van der Waals surface area contributed by atoms with Crippen LogP contribution in [0.3, 0.4) is 0 Å². The summed E-state index contributed by atoms with van der Waals surface area (Å²) >= 11 is 0. The highest BCUT2D eigenvalue weighted by Gasteiger charge is 2.12. The Kier molecular flexibility index (Phi) is 6.80. The lowest BCUT2D eigenvalue weighted by molar-refractivity contribution is -0.147. The molecule has 154 valence electrons. The van der Waals surface area contributed by atoms with Gasteiger partial charge in [0, 0.05) is 23.2 Å². The van der Waals surface area contributed by atoms with Crippen molar-refractivity contribution in [3.05, 3.63) is 71.8 Å². The largest absolute Gasteiger partial charge is 0.456 e. The fraction of sp³-hybridized carbons (Fsp3) is 0.208. The third kappa shape index (κ3) is 5.67. The minimum absolute atomic E-state index is 0.0168. The zero-order valence-electron chi connectivity index (χ0n) is 17.0. The number of amides is 2. The molecule has 0 unspecified atom stereocenters. The molecule has 6 heteroatoms. The predicted molar refractivity (Wildman–Crippen MR) is 117 cm³/mol. The molecule has 0 aliphatic rings. The van der Waals surface area contributed by atoms with Crippen molar-refractivity contribution in [2.24, 2.45) is 0 Å². The molecule has 0 aliphatic heterocycles. The van der Waals surface area contributed by atoms with Crippen LogP contribution in [0, 0.1) is 13.8 Å². The molecule has 0 saturated heterocycles. The number of carbonyl (C=O) groups is 3. The fourth-order valence-corrected chi connectivity index (χ4v) is 3.12. The highest BCUT2D eigenvalue weighted by Crippen LogP contribution is 2.22. The van der Waals surface area contributed by atoms with Gasteiger partial charge in [-0.25, -0.2) is 0 Å². The van der Waals surface area contributed by atoms with Crippen LogP contribution in [-0.4, -0.2) is 24.4 Å². The first-order valence-electron chi connectivity index (χ1n) is 9.73. The molecule has 0 spiro atoms. The summed E-state index contributed by atoms with van der Waals surface area (Å²) < 4.78 is 5.00. The quantitative estimate of drug-likeness (QED) is 0.573. The number of hydrogen-bond donors (Lipinski definition) is 2. The van der Waals surface area contributed by atoms with Crippen molar-refractivity contribution in [2.45, 2.75) is 26.7 Å². The van der Waals surface area contributed by atoms with Crippen LogP contribution in [0.1, 0.15) is 24.0 Å². The van der Waals surface area contributed by atoms with Crippen LogP contribution in [0.15, 0.2) is 60.7 Å². The van der Waals surface area contributed by atoms with Crippen LogP contribution in [-0.2, 0) is 19.1 Å². The van der Waals surface area contributed by atoms with Gasteiger partial charge < -0.3 is 15.4 Å². The maximum atomic E-state index is 12.1. The topological polar surface area (TPSA) is 84.5 Å². The molecular formula is C24H24N2O4. The Morgan fingerprint density at radius 3 is 2.33 bits per heavy atom. The second-order valence-electron chi connectivity index (χ2n) is 7.10. The van der Waals surface area contributed by atoms with Gasteiger partial charge in [0.1, 0.15) is 0 Å². The third-order valence-electron chi connectivity index (χ3n) is 4.64. The first kappa shape index (κ1) is 21.0. The van der Waals surface area contributed by atoms with Gasteiger partial charge >= 0.3 is 5.97 Å². The second-order valence-corrected chi connectivity index (χ2v) is 7.10. The molecule has 3 aromatic rings. The summed E-state index contributed by atoms with van der Waals surface area (Å²) in [6, 6.07) is 19.0. The summed E-state index contributed by atoms with van der Waals surface area (Å²) in [6.45, 7) is 3.48. The van der Waals surface area contributed by atoms with E-state index in [1.165, 1.54) is 0 Å². The van der Waals surface area contributed by atoms with Gasteiger partial charge in [0.25, 0.3) is 5.91 Å². The molecule has 2 N–H and O–H groups in total. The molecule has 0 radical (unpaired) electrons. The molecule has 3 aromatic carbocycles. The van der Waals surface area contributed by atoms with Crippen molar-refractivity contribution in [1.29, 1.82) is 0 Å². The number of esters is 1. The average Bonchev–Trinajstić information content (AvgIpc) is 2.73. The van der Waals surface area contributed by atoms with Crippen molar-refractivity contribution in [3.8, 4) is 0 Å². The zero-order chi connectivity index (χ0) is 21.5. The summed E-state index contributed by atoms with van der Waals surface area (Å²) in [5.74, 6) is -1.31. The number of benzene rings is 3. The number of aryl methyl sites for hydroxylation is 2. The number of rotatable bonds is 7. The Hall–Kier alpha value is -3.67. The molecular weight excluding hydrogens is 380 g/mol. The van der Waals surface area contributed by atoms with Crippen LogP contribution in [0.4, 0.5) is 11.4 Å². The highest BCUT2D eigenvalue weighted by molar-refractivity contribution is 6.02. The van der Waals surface area contributed by atoms with Crippen molar-refractivity contribution in [2.75, 3.05) is 17.2 Å². The molecule has 0 bridgehead atoms. The third-order valence-corrected chi connectivity index (χ3v) is 4.64. The van der Waals surface area contributed by atoms with Gasteiger partial charge in [0.15, 0.2) is 6.61 Å². The molecule has 0 fully saturated rings. The van der Waals surface area contributed by atoms with E-state index in [0.29, 0.717) is 11.4 Å². The van der Waals surface area contributed by atoms with Crippen LogP contribution < -0.4 is 10.6 Å². The summed E-state index contributed by atoms with van der Waals surface area (Å²) in [7, 11) is 0. The molecule has 6 nitrogen and oxygen atoms in total. The molecule has 0 heterocycles. The Balaban J connectivity index is 1.44. The Bertz CT molecular complexity index is 1090. The van der Waals surface area contributed by atoms with Gasteiger partial charge in [-0.1, -0.05) is 54.1 Å². The second kappa shape index (κ2) is 9.69. The number of hydrogen-bond acceptors (Lipinski definition) is 4. The highest BCUT2D eigenvalue weighted by atomic mass is 16.5. The van der Waals surface area contributed by atoms with E-state index in [1.54, 1.807) is 6.07 Å². The number of ether oxygens (including phenoxy) is 1. The van der Waals surface area contributed by atoms with E-state index in [9.17, 15) is 14.4 Å². The SMILES string of the molecule is Cc1ccc(NC(=O)CCC(=O)OCC(=O)Nc2cccc3ccccc23)c(C)c1. The Morgan fingerprint density at radius 2 is 1.53 bits per heavy atom. The Morgan fingerprint density at radius 1 is 0.800 bits per heavy atom. The van der Waals surface area contributed by atoms with Gasteiger partial charge in [-0.3, -0.25) is 14.4 Å². The Labute approximate surface area is 175 Å². The lowest BCUT2D eigenvalue weighted by atomic mass is 10.1. The summed E-state index contributed by atoms with van der Waals surface area (Å²) in [5.41, 5.74) is 3.43. The number of anilines is 2. The summed E-state index contributed by atoms with van der Waals surface area (Å²) in [4.78, 5) is 36.1. The van der Waals surface area contributed by atoms with Gasteiger partial charge in [0.05, 0.1) is 6.42 Å². The first-order valence-corrected chi connectivity index (χ1v) is 9.73. The zero-order valence-corrected chi connectivity index (χ0v) is 17.0. The molecule has 0 aliphatic carbocycles. The molecule has 30 heavy (non-hydrogen) atoms. The van der Waals surface area contributed by atoms with Gasteiger partial charge in [-0.2, -0.15) is 0 Å². The lowest BCUT2D eigenvalue weighted by Crippen LogP contribution is -2.22. The standard InChI is InChI=1S/C24H24N2O4/c1-16-10-11-20(17(2)14-16)25-22(27)12-13-24(29)30-15-23(28)26-21-9-5-7-18-6-3-4-8-19(18)21/h3-11,14H,12-13,15H2,1-2H3,(H,25,27)(H,26,28). The normalized spacial score (nSPS) is 10.5. The molecule has 0 saturated carbocycles.